The second-order valence-corrected chi connectivity index (χ2v) is 5.88. The third-order valence-corrected chi connectivity index (χ3v) is 4.56. The molecule has 2 aromatic rings. The topological polar surface area (TPSA) is 52.0 Å². The molecule has 1 aliphatic rings. The van der Waals surface area contributed by atoms with Gasteiger partial charge in [-0.15, -0.1) is 11.3 Å². The molecule has 0 saturated heterocycles. The van der Waals surface area contributed by atoms with Gasteiger partial charge in [0.2, 0.25) is 0 Å². The van der Waals surface area contributed by atoms with Crippen molar-refractivity contribution in [1.29, 1.82) is 0 Å². The van der Waals surface area contributed by atoms with Gasteiger partial charge in [-0.3, -0.25) is 14.3 Å². The Morgan fingerprint density at radius 2 is 2.32 bits per heavy atom. The SMILES string of the molecule is Cc1nn(C)cc1C(=O)C1CCc2sccc2C1=O. The molecule has 0 aromatic carbocycles. The highest BCUT2D eigenvalue weighted by Crippen LogP contribution is 2.31. The Bertz CT molecular complexity index is 669. The molecule has 0 radical (unpaired) electrons. The molecule has 0 aliphatic heterocycles. The Kier molecular flexibility index (Phi) is 2.86. The molecule has 1 unspecified atom stereocenters. The molecule has 5 heteroatoms. The molecule has 1 aliphatic carbocycles. The highest BCUT2D eigenvalue weighted by atomic mass is 32.1. The Labute approximate surface area is 115 Å². The van der Waals surface area contributed by atoms with E-state index in [-0.39, 0.29) is 11.6 Å². The summed E-state index contributed by atoms with van der Waals surface area (Å²) < 4.78 is 1.62. The van der Waals surface area contributed by atoms with Gasteiger partial charge in [0.05, 0.1) is 17.2 Å². The molecule has 0 bridgehead atoms. The van der Waals surface area contributed by atoms with Gasteiger partial charge in [0.15, 0.2) is 11.6 Å². The summed E-state index contributed by atoms with van der Waals surface area (Å²) in [4.78, 5) is 26.0. The van der Waals surface area contributed by atoms with Crippen LogP contribution in [0, 0.1) is 12.8 Å². The van der Waals surface area contributed by atoms with Crippen molar-refractivity contribution < 1.29 is 9.59 Å². The first kappa shape index (κ1) is 12.3. The molecule has 3 rings (SSSR count). The summed E-state index contributed by atoms with van der Waals surface area (Å²) in [7, 11) is 1.78. The van der Waals surface area contributed by atoms with Crippen molar-refractivity contribution in [2.75, 3.05) is 0 Å². The van der Waals surface area contributed by atoms with E-state index in [2.05, 4.69) is 5.10 Å². The molecule has 19 heavy (non-hydrogen) atoms. The van der Waals surface area contributed by atoms with Crippen molar-refractivity contribution in [2.45, 2.75) is 19.8 Å². The number of aryl methyl sites for hydroxylation is 3. The fraction of sp³-hybridized carbons (Fsp3) is 0.357. The van der Waals surface area contributed by atoms with Crippen LogP contribution in [0.5, 0.6) is 0 Å². The average Bonchev–Trinajstić information content (AvgIpc) is 2.96. The predicted molar refractivity (Wildman–Crippen MR) is 72.7 cm³/mol. The molecule has 98 valence electrons. The number of hydrogen-bond acceptors (Lipinski definition) is 4. The standard InChI is InChI=1S/C14H14N2O2S/c1-8-11(7-16(2)15-8)14(18)10-3-4-12-9(13(10)17)5-6-19-12/h5-7,10H,3-4H2,1-2H3. The van der Waals surface area contributed by atoms with Crippen molar-refractivity contribution >= 4 is 22.9 Å². The maximum Gasteiger partial charge on any atom is 0.177 e. The molecule has 2 aromatic heterocycles. The van der Waals surface area contributed by atoms with Gasteiger partial charge in [0.25, 0.3) is 0 Å². The van der Waals surface area contributed by atoms with Crippen molar-refractivity contribution in [3.8, 4) is 0 Å². The monoisotopic (exact) mass is 274 g/mol. The largest absolute Gasteiger partial charge is 0.293 e. The highest BCUT2D eigenvalue weighted by Gasteiger charge is 2.34. The number of carbonyl (C=O) groups excluding carboxylic acids is 2. The lowest BCUT2D eigenvalue weighted by molar-refractivity contribution is 0.0791. The number of nitrogens with zero attached hydrogens (tertiary/aromatic N) is 2. The summed E-state index contributed by atoms with van der Waals surface area (Å²) in [6.45, 7) is 1.80. The molecule has 2 heterocycles. The minimum Gasteiger partial charge on any atom is -0.293 e. The van der Waals surface area contributed by atoms with Gasteiger partial charge in [0.1, 0.15) is 0 Å². The summed E-state index contributed by atoms with van der Waals surface area (Å²) >= 11 is 1.60. The number of Topliss-reactive ketones (excluding diaryl/α,β-unsaturated/α-hetero) is 2. The summed E-state index contributed by atoms with van der Waals surface area (Å²) in [5, 5.41) is 6.09. The Morgan fingerprint density at radius 3 is 3.00 bits per heavy atom. The first-order valence-electron chi connectivity index (χ1n) is 6.23. The van der Waals surface area contributed by atoms with E-state index in [9.17, 15) is 9.59 Å². The Balaban J connectivity index is 1.94. The predicted octanol–water partition coefficient (Wildman–Crippen LogP) is 2.42. The van der Waals surface area contributed by atoms with Crippen molar-refractivity contribution in [3.63, 3.8) is 0 Å². The number of thiophene rings is 1. The van der Waals surface area contributed by atoms with Crippen LogP contribution in [0.2, 0.25) is 0 Å². The van der Waals surface area contributed by atoms with Crippen LogP contribution in [-0.4, -0.2) is 21.3 Å². The second kappa shape index (κ2) is 4.42. The quantitative estimate of drug-likeness (QED) is 0.624. The number of ketones is 2. The molecule has 0 saturated carbocycles. The third-order valence-electron chi connectivity index (χ3n) is 3.58. The smallest absolute Gasteiger partial charge is 0.177 e. The maximum absolute atomic E-state index is 12.5. The fourth-order valence-electron chi connectivity index (χ4n) is 2.63. The van der Waals surface area contributed by atoms with Gasteiger partial charge >= 0.3 is 0 Å². The molecule has 4 nitrogen and oxygen atoms in total. The van der Waals surface area contributed by atoms with Crippen molar-refractivity contribution in [1.82, 2.24) is 9.78 Å². The lowest BCUT2D eigenvalue weighted by Gasteiger charge is -2.19. The molecule has 0 amide bonds. The number of hydrogen-bond donors (Lipinski definition) is 0. The number of carbonyl (C=O) groups is 2. The zero-order valence-corrected chi connectivity index (χ0v) is 11.7. The van der Waals surface area contributed by atoms with Crippen LogP contribution in [-0.2, 0) is 13.5 Å². The van der Waals surface area contributed by atoms with E-state index in [0.29, 0.717) is 17.7 Å². The fourth-order valence-corrected chi connectivity index (χ4v) is 3.53. The van der Waals surface area contributed by atoms with E-state index >= 15 is 0 Å². The van der Waals surface area contributed by atoms with E-state index < -0.39 is 5.92 Å². The summed E-state index contributed by atoms with van der Waals surface area (Å²) in [6, 6.07) is 1.83. The van der Waals surface area contributed by atoms with Gasteiger partial charge in [-0.25, -0.2) is 0 Å². The van der Waals surface area contributed by atoms with Gasteiger partial charge in [-0.05, 0) is 31.2 Å². The zero-order chi connectivity index (χ0) is 13.6. The van der Waals surface area contributed by atoms with Crippen LogP contribution in [0.4, 0.5) is 0 Å². The minimum atomic E-state index is -0.537. The number of aromatic nitrogens is 2. The van der Waals surface area contributed by atoms with Crippen molar-refractivity contribution in [3.05, 3.63) is 39.3 Å². The minimum absolute atomic E-state index is 0.0317. The lowest BCUT2D eigenvalue weighted by atomic mass is 9.82. The third kappa shape index (κ3) is 1.94. The number of fused-ring (bicyclic) bond motifs is 1. The Morgan fingerprint density at radius 1 is 1.53 bits per heavy atom. The molecular formula is C14H14N2O2S. The number of rotatable bonds is 2. The maximum atomic E-state index is 12.5. The summed E-state index contributed by atoms with van der Waals surface area (Å²) in [5.41, 5.74) is 1.99. The molecule has 0 spiro atoms. The second-order valence-electron chi connectivity index (χ2n) is 4.88. The average molecular weight is 274 g/mol. The summed E-state index contributed by atoms with van der Waals surface area (Å²) in [6.07, 6.45) is 3.13. The molecule has 1 atom stereocenters. The van der Waals surface area contributed by atoms with E-state index in [0.717, 1.165) is 16.9 Å². The first-order chi connectivity index (χ1) is 9.08. The van der Waals surface area contributed by atoms with Crippen LogP contribution in [0.1, 0.15) is 37.7 Å². The van der Waals surface area contributed by atoms with E-state index in [1.807, 2.05) is 11.4 Å². The van der Waals surface area contributed by atoms with Crippen LogP contribution in [0.15, 0.2) is 17.6 Å². The van der Waals surface area contributed by atoms with E-state index in [1.54, 1.807) is 36.2 Å². The van der Waals surface area contributed by atoms with E-state index in [1.165, 1.54) is 0 Å². The zero-order valence-electron chi connectivity index (χ0n) is 10.8. The van der Waals surface area contributed by atoms with Crippen LogP contribution in [0.3, 0.4) is 0 Å². The molecule has 0 N–H and O–H groups in total. The highest BCUT2D eigenvalue weighted by molar-refractivity contribution is 7.10. The van der Waals surface area contributed by atoms with E-state index in [4.69, 9.17) is 0 Å². The molecular weight excluding hydrogens is 260 g/mol. The van der Waals surface area contributed by atoms with Crippen molar-refractivity contribution in [2.24, 2.45) is 13.0 Å². The van der Waals surface area contributed by atoms with Gasteiger partial charge in [-0.1, -0.05) is 0 Å². The van der Waals surface area contributed by atoms with Gasteiger partial charge in [0, 0.05) is 23.7 Å². The van der Waals surface area contributed by atoms with Crippen LogP contribution in [0.25, 0.3) is 0 Å². The summed E-state index contributed by atoms with van der Waals surface area (Å²) in [5.74, 6) is -0.659. The Hall–Kier alpha value is -1.75. The van der Waals surface area contributed by atoms with Gasteiger partial charge < -0.3 is 0 Å². The van der Waals surface area contributed by atoms with Crippen LogP contribution < -0.4 is 0 Å². The van der Waals surface area contributed by atoms with Gasteiger partial charge in [-0.2, -0.15) is 5.10 Å². The lowest BCUT2D eigenvalue weighted by Crippen LogP contribution is -2.28. The normalized spacial score (nSPS) is 18.4. The first-order valence-corrected chi connectivity index (χ1v) is 7.11. The van der Waals surface area contributed by atoms with Crippen LogP contribution >= 0.6 is 11.3 Å². The molecule has 0 fully saturated rings.